The highest BCUT2D eigenvalue weighted by atomic mass is 16.4. The number of hydrogen-bond donors (Lipinski definition) is 4. The smallest absolute Gasteiger partial charge is 0.331 e. The van der Waals surface area contributed by atoms with Crippen molar-refractivity contribution in [1.82, 2.24) is 0 Å². The molecule has 1 aromatic carbocycles. The third-order valence-electron chi connectivity index (χ3n) is 2.55. The second kappa shape index (κ2) is 9.72. The molecule has 0 amide bonds. The van der Waals surface area contributed by atoms with Gasteiger partial charge in [0.2, 0.25) is 0 Å². The lowest BCUT2D eigenvalue weighted by Gasteiger charge is -2.09. The van der Waals surface area contributed by atoms with Crippen molar-refractivity contribution in [3.05, 3.63) is 48.0 Å². The monoisotopic (exact) mass is 324 g/mol. The SMILES string of the molecule is C=C(CC(=O)O)C(=O)O.O=C(O)CC(C(=O)O)c1ccccc1. The Labute approximate surface area is 131 Å². The van der Waals surface area contributed by atoms with Crippen LogP contribution in [0.3, 0.4) is 0 Å². The second-order valence-corrected chi connectivity index (χ2v) is 4.38. The van der Waals surface area contributed by atoms with E-state index in [9.17, 15) is 19.2 Å². The van der Waals surface area contributed by atoms with Gasteiger partial charge in [0.05, 0.1) is 18.8 Å². The number of carboxylic acids is 4. The van der Waals surface area contributed by atoms with Crippen LogP contribution in [0, 0.1) is 0 Å². The van der Waals surface area contributed by atoms with Crippen LogP contribution in [0.15, 0.2) is 42.5 Å². The van der Waals surface area contributed by atoms with Gasteiger partial charge in [-0.3, -0.25) is 14.4 Å². The average Bonchev–Trinajstić information content (AvgIpc) is 2.45. The van der Waals surface area contributed by atoms with Gasteiger partial charge in [-0.05, 0) is 5.56 Å². The van der Waals surface area contributed by atoms with Crippen molar-refractivity contribution in [2.24, 2.45) is 0 Å². The van der Waals surface area contributed by atoms with Gasteiger partial charge in [0, 0.05) is 5.57 Å². The summed E-state index contributed by atoms with van der Waals surface area (Å²) in [6.45, 7) is 3.01. The Morgan fingerprint density at radius 2 is 1.43 bits per heavy atom. The quantitative estimate of drug-likeness (QED) is 0.550. The molecule has 1 rings (SSSR count). The van der Waals surface area contributed by atoms with Gasteiger partial charge in [-0.2, -0.15) is 0 Å². The molecule has 0 aromatic heterocycles. The topological polar surface area (TPSA) is 149 Å². The number of aliphatic carboxylic acids is 4. The Morgan fingerprint density at radius 3 is 1.74 bits per heavy atom. The van der Waals surface area contributed by atoms with Crippen molar-refractivity contribution in [1.29, 1.82) is 0 Å². The summed E-state index contributed by atoms with van der Waals surface area (Å²) in [6.07, 6.45) is -0.894. The molecule has 0 aliphatic heterocycles. The highest BCUT2D eigenvalue weighted by Crippen LogP contribution is 2.19. The van der Waals surface area contributed by atoms with Crippen LogP contribution in [0.1, 0.15) is 24.3 Å². The van der Waals surface area contributed by atoms with Crippen molar-refractivity contribution in [2.75, 3.05) is 0 Å². The van der Waals surface area contributed by atoms with Crippen LogP contribution in [0.2, 0.25) is 0 Å². The first-order valence-electron chi connectivity index (χ1n) is 6.27. The van der Waals surface area contributed by atoms with Gasteiger partial charge in [0.15, 0.2) is 0 Å². The lowest BCUT2D eigenvalue weighted by molar-refractivity contribution is -0.145. The average molecular weight is 324 g/mol. The molecule has 0 radical (unpaired) electrons. The summed E-state index contributed by atoms with van der Waals surface area (Å²) in [5, 5.41) is 33.4. The molecule has 124 valence electrons. The van der Waals surface area contributed by atoms with Crippen LogP contribution in [0.4, 0.5) is 0 Å². The Hall–Kier alpha value is -3.16. The van der Waals surface area contributed by atoms with Crippen LogP contribution < -0.4 is 0 Å². The Bertz CT molecular complexity index is 591. The van der Waals surface area contributed by atoms with Crippen LogP contribution >= 0.6 is 0 Å². The van der Waals surface area contributed by atoms with Crippen molar-refractivity contribution < 1.29 is 39.6 Å². The largest absolute Gasteiger partial charge is 0.481 e. The third-order valence-corrected chi connectivity index (χ3v) is 2.55. The van der Waals surface area contributed by atoms with Crippen molar-refractivity contribution in [3.63, 3.8) is 0 Å². The van der Waals surface area contributed by atoms with Gasteiger partial charge in [-0.15, -0.1) is 0 Å². The van der Waals surface area contributed by atoms with Crippen LogP contribution in [-0.2, 0) is 19.2 Å². The Kier molecular flexibility index (Phi) is 8.38. The molecule has 0 spiro atoms. The molecule has 23 heavy (non-hydrogen) atoms. The van der Waals surface area contributed by atoms with E-state index in [0.29, 0.717) is 5.56 Å². The van der Waals surface area contributed by atoms with Gasteiger partial charge in [0.1, 0.15) is 0 Å². The van der Waals surface area contributed by atoms with E-state index in [1.807, 2.05) is 0 Å². The molecule has 8 heteroatoms. The molecule has 0 fully saturated rings. The first-order chi connectivity index (χ1) is 10.6. The summed E-state index contributed by atoms with van der Waals surface area (Å²) in [5.41, 5.74) is 0.213. The molecule has 0 saturated carbocycles. The van der Waals surface area contributed by atoms with Crippen molar-refractivity contribution in [3.8, 4) is 0 Å². The molecule has 0 saturated heterocycles. The zero-order valence-corrected chi connectivity index (χ0v) is 12.0. The summed E-state index contributed by atoms with van der Waals surface area (Å²) < 4.78 is 0. The molecule has 0 bridgehead atoms. The minimum absolute atomic E-state index is 0.303. The van der Waals surface area contributed by atoms with Crippen molar-refractivity contribution in [2.45, 2.75) is 18.8 Å². The molecule has 1 unspecified atom stereocenters. The first-order valence-corrected chi connectivity index (χ1v) is 6.27. The van der Waals surface area contributed by atoms with E-state index in [4.69, 9.17) is 20.4 Å². The first kappa shape index (κ1) is 19.8. The summed E-state index contributed by atoms with van der Waals surface area (Å²) in [5.74, 6) is -5.63. The van der Waals surface area contributed by atoms with Gasteiger partial charge in [-0.1, -0.05) is 36.9 Å². The Morgan fingerprint density at radius 1 is 0.913 bits per heavy atom. The molecule has 1 atom stereocenters. The molecule has 8 nitrogen and oxygen atoms in total. The van der Waals surface area contributed by atoms with Crippen LogP contribution in [0.5, 0.6) is 0 Å². The summed E-state index contributed by atoms with van der Waals surface area (Å²) in [7, 11) is 0. The Balaban J connectivity index is 0.000000468. The molecule has 4 N–H and O–H groups in total. The third kappa shape index (κ3) is 8.66. The molecular formula is C15H16O8. The van der Waals surface area contributed by atoms with E-state index in [1.165, 1.54) is 0 Å². The molecule has 1 aromatic rings. The fourth-order valence-electron chi connectivity index (χ4n) is 1.47. The van der Waals surface area contributed by atoms with E-state index in [1.54, 1.807) is 30.3 Å². The van der Waals surface area contributed by atoms with E-state index in [2.05, 4.69) is 6.58 Å². The maximum Gasteiger partial charge on any atom is 0.331 e. The normalized spacial score (nSPS) is 10.6. The number of rotatable bonds is 7. The standard InChI is InChI=1S/C10H10O4.C5H6O4/c11-9(12)6-8(10(13)14)7-4-2-1-3-5-7;1-3(5(8)9)2-4(6)7/h1-5,8H,6H2,(H,11,12)(H,13,14);1-2H2,(H,6,7)(H,8,9). The fraction of sp³-hybridized carbons (Fsp3) is 0.200. The number of carbonyl (C=O) groups is 4. The van der Waals surface area contributed by atoms with E-state index in [-0.39, 0.29) is 12.0 Å². The highest BCUT2D eigenvalue weighted by molar-refractivity contribution is 5.91. The molecule has 0 aliphatic carbocycles. The number of hydrogen-bond acceptors (Lipinski definition) is 4. The van der Waals surface area contributed by atoms with Gasteiger partial charge >= 0.3 is 23.9 Å². The van der Waals surface area contributed by atoms with Crippen molar-refractivity contribution >= 4 is 23.9 Å². The maximum atomic E-state index is 10.8. The summed E-state index contributed by atoms with van der Waals surface area (Å²) in [6, 6.07) is 8.35. The van der Waals surface area contributed by atoms with Crippen LogP contribution in [0.25, 0.3) is 0 Å². The van der Waals surface area contributed by atoms with E-state index in [0.717, 1.165) is 0 Å². The zero-order chi connectivity index (χ0) is 18.0. The lowest BCUT2D eigenvalue weighted by atomic mass is 9.96. The van der Waals surface area contributed by atoms with Gasteiger partial charge in [0.25, 0.3) is 0 Å². The summed E-state index contributed by atoms with van der Waals surface area (Å²) in [4.78, 5) is 40.9. The molecule has 0 heterocycles. The molecular weight excluding hydrogens is 308 g/mol. The van der Waals surface area contributed by atoms with Crippen LogP contribution in [-0.4, -0.2) is 44.3 Å². The predicted octanol–water partition coefficient (Wildman–Crippen LogP) is 1.43. The number of carboxylic acid groups (broad SMARTS) is 4. The highest BCUT2D eigenvalue weighted by Gasteiger charge is 2.22. The second-order valence-electron chi connectivity index (χ2n) is 4.38. The number of benzene rings is 1. The lowest BCUT2D eigenvalue weighted by Crippen LogP contribution is -2.15. The summed E-state index contributed by atoms with van der Waals surface area (Å²) >= 11 is 0. The van der Waals surface area contributed by atoms with E-state index >= 15 is 0 Å². The maximum absolute atomic E-state index is 10.8. The van der Waals surface area contributed by atoms with Gasteiger partial charge in [-0.25, -0.2) is 4.79 Å². The minimum atomic E-state index is -1.27. The molecule has 0 aliphatic rings. The fourth-order valence-corrected chi connectivity index (χ4v) is 1.47. The van der Waals surface area contributed by atoms with E-state index < -0.39 is 36.2 Å². The van der Waals surface area contributed by atoms with Gasteiger partial charge < -0.3 is 20.4 Å². The predicted molar refractivity (Wildman–Crippen MR) is 78.1 cm³/mol. The zero-order valence-electron chi connectivity index (χ0n) is 12.0. The minimum Gasteiger partial charge on any atom is -0.481 e.